The van der Waals surface area contributed by atoms with Crippen LogP contribution in [0.5, 0.6) is 0 Å². The summed E-state index contributed by atoms with van der Waals surface area (Å²) in [5.41, 5.74) is 6.87. The zero-order chi connectivity index (χ0) is 13.6. The van der Waals surface area contributed by atoms with Crippen LogP contribution in [-0.2, 0) is 5.41 Å². The second-order valence-corrected chi connectivity index (χ2v) is 5.58. The van der Waals surface area contributed by atoms with Gasteiger partial charge in [0.2, 0.25) is 0 Å². The van der Waals surface area contributed by atoms with Crippen LogP contribution < -0.4 is 0 Å². The molecular weight excluding hydrogens is 240 g/mol. The lowest BCUT2D eigenvalue weighted by atomic mass is 9.74. The van der Waals surface area contributed by atoms with E-state index in [1.165, 1.54) is 27.8 Å². The van der Waals surface area contributed by atoms with Crippen molar-refractivity contribution in [3.8, 4) is 11.1 Å². The average Bonchev–Trinajstić information content (AvgIpc) is 2.80. The third kappa shape index (κ3) is 1.36. The molecule has 0 heteroatoms. The highest BCUT2D eigenvalue weighted by Crippen LogP contribution is 2.51. The van der Waals surface area contributed by atoms with E-state index >= 15 is 0 Å². The van der Waals surface area contributed by atoms with Crippen molar-refractivity contribution in [2.75, 3.05) is 0 Å². The Morgan fingerprint density at radius 3 is 1.55 bits per heavy atom. The second-order valence-electron chi connectivity index (χ2n) is 5.58. The Bertz CT molecular complexity index is 723. The molecule has 20 heavy (non-hydrogen) atoms. The molecule has 3 aromatic carbocycles. The van der Waals surface area contributed by atoms with Gasteiger partial charge in [0.15, 0.2) is 0 Å². The molecule has 0 saturated heterocycles. The molecule has 0 radical (unpaired) electrons. The monoisotopic (exact) mass is 256 g/mol. The van der Waals surface area contributed by atoms with Gasteiger partial charge in [0, 0.05) is 5.41 Å². The fourth-order valence-corrected chi connectivity index (χ4v) is 3.54. The summed E-state index contributed by atoms with van der Waals surface area (Å²) in [5.74, 6) is 0. The topological polar surface area (TPSA) is 0 Å². The van der Waals surface area contributed by atoms with Crippen LogP contribution in [0.3, 0.4) is 0 Å². The Labute approximate surface area is 119 Å². The Balaban J connectivity index is 2.10. The van der Waals surface area contributed by atoms with Crippen LogP contribution in [-0.4, -0.2) is 0 Å². The molecular formula is C20H16. The van der Waals surface area contributed by atoms with Gasteiger partial charge in [-0.1, -0.05) is 78.9 Å². The fraction of sp³-hybridized carbons (Fsp3) is 0.100. The van der Waals surface area contributed by atoms with Crippen molar-refractivity contribution in [3.05, 3.63) is 95.6 Å². The molecule has 0 atom stereocenters. The highest BCUT2D eigenvalue weighted by Gasteiger charge is 2.39. The van der Waals surface area contributed by atoms with Crippen molar-refractivity contribution >= 4 is 0 Å². The quantitative estimate of drug-likeness (QED) is 0.573. The van der Waals surface area contributed by atoms with Gasteiger partial charge < -0.3 is 0 Å². The van der Waals surface area contributed by atoms with Crippen molar-refractivity contribution in [1.82, 2.24) is 0 Å². The van der Waals surface area contributed by atoms with Crippen molar-refractivity contribution in [1.29, 1.82) is 0 Å². The van der Waals surface area contributed by atoms with Crippen LogP contribution in [0.2, 0.25) is 0 Å². The number of rotatable bonds is 1. The summed E-state index contributed by atoms with van der Waals surface area (Å²) in [6.07, 6.45) is 0. The normalized spacial score (nSPS) is 14.7. The van der Waals surface area contributed by atoms with Gasteiger partial charge in [0.1, 0.15) is 0 Å². The van der Waals surface area contributed by atoms with Gasteiger partial charge in [-0.15, -0.1) is 0 Å². The van der Waals surface area contributed by atoms with Crippen LogP contribution in [0.4, 0.5) is 0 Å². The minimum absolute atomic E-state index is 0.0472. The van der Waals surface area contributed by atoms with E-state index in [4.69, 9.17) is 0 Å². The van der Waals surface area contributed by atoms with E-state index in [-0.39, 0.29) is 5.41 Å². The number of benzene rings is 3. The third-order valence-corrected chi connectivity index (χ3v) is 4.57. The fourth-order valence-electron chi connectivity index (χ4n) is 3.54. The summed E-state index contributed by atoms with van der Waals surface area (Å²) in [7, 11) is 0. The summed E-state index contributed by atoms with van der Waals surface area (Å²) in [5, 5.41) is 0. The van der Waals surface area contributed by atoms with E-state index in [9.17, 15) is 0 Å². The highest BCUT2D eigenvalue weighted by molar-refractivity contribution is 5.82. The van der Waals surface area contributed by atoms with Gasteiger partial charge in [-0.25, -0.2) is 0 Å². The molecule has 0 heterocycles. The Kier molecular flexibility index (Phi) is 2.34. The molecule has 4 rings (SSSR count). The smallest absolute Gasteiger partial charge is 0.0435 e. The Morgan fingerprint density at radius 2 is 1.00 bits per heavy atom. The minimum Gasteiger partial charge on any atom is -0.0622 e. The number of hydrogen-bond acceptors (Lipinski definition) is 0. The summed E-state index contributed by atoms with van der Waals surface area (Å²) >= 11 is 0. The standard InChI is InChI=1S/C20H16/c1-20(15-9-3-2-4-10-15)18-13-7-5-11-16(18)17-12-6-8-14-19(17)20/h2-14H,1H3. The van der Waals surface area contributed by atoms with E-state index in [2.05, 4.69) is 85.8 Å². The molecule has 3 aromatic rings. The first-order valence-corrected chi connectivity index (χ1v) is 7.07. The van der Waals surface area contributed by atoms with Crippen LogP contribution in [0.1, 0.15) is 23.6 Å². The van der Waals surface area contributed by atoms with E-state index in [1.807, 2.05) is 0 Å². The lowest BCUT2D eigenvalue weighted by molar-refractivity contribution is 0.714. The van der Waals surface area contributed by atoms with Crippen molar-refractivity contribution in [2.24, 2.45) is 0 Å². The van der Waals surface area contributed by atoms with E-state index < -0.39 is 0 Å². The Morgan fingerprint density at radius 1 is 0.550 bits per heavy atom. The molecule has 1 aliphatic rings. The van der Waals surface area contributed by atoms with Crippen molar-refractivity contribution < 1.29 is 0 Å². The first-order valence-electron chi connectivity index (χ1n) is 7.07. The first-order chi connectivity index (χ1) is 9.82. The molecule has 0 bridgehead atoms. The molecule has 1 aliphatic carbocycles. The zero-order valence-electron chi connectivity index (χ0n) is 11.5. The molecule has 0 saturated carbocycles. The van der Waals surface area contributed by atoms with Crippen LogP contribution in [0.15, 0.2) is 78.9 Å². The lowest BCUT2D eigenvalue weighted by Gasteiger charge is -2.28. The van der Waals surface area contributed by atoms with Gasteiger partial charge in [-0.3, -0.25) is 0 Å². The molecule has 0 nitrogen and oxygen atoms in total. The summed E-state index contributed by atoms with van der Waals surface area (Å²) in [4.78, 5) is 0. The van der Waals surface area contributed by atoms with Crippen molar-refractivity contribution in [2.45, 2.75) is 12.3 Å². The van der Waals surface area contributed by atoms with Gasteiger partial charge in [0.25, 0.3) is 0 Å². The van der Waals surface area contributed by atoms with E-state index in [0.717, 1.165) is 0 Å². The third-order valence-electron chi connectivity index (χ3n) is 4.57. The molecule has 0 aliphatic heterocycles. The number of hydrogen-bond donors (Lipinski definition) is 0. The summed E-state index contributed by atoms with van der Waals surface area (Å²) in [6, 6.07) is 28.4. The highest BCUT2D eigenvalue weighted by atomic mass is 14.4. The summed E-state index contributed by atoms with van der Waals surface area (Å²) < 4.78 is 0. The van der Waals surface area contributed by atoms with Gasteiger partial charge in [-0.2, -0.15) is 0 Å². The van der Waals surface area contributed by atoms with Gasteiger partial charge in [-0.05, 0) is 34.7 Å². The van der Waals surface area contributed by atoms with Crippen LogP contribution in [0.25, 0.3) is 11.1 Å². The molecule has 0 fully saturated rings. The van der Waals surface area contributed by atoms with Crippen LogP contribution >= 0.6 is 0 Å². The number of fused-ring (bicyclic) bond motifs is 3. The predicted octanol–water partition coefficient (Wildman–Crippen LogP) is 5.02. The molecule has 0 amide bonds. The molecule has 0 N–H and O–H groups in total. The maximum atomic E-state index is 2.34. The maximum absolute atomic E-state index is 2.34. The minimum atomic E-state index is -0.0472. The molecule has 0 spiro atoms. The van der Waals surface area contributed by atoms with E-state index in [1.54, 1.807) is 0 Å². The largest absolute Gasteiger partial charge is 0.0622 e. The molecule has 0 unspecified atom stereocenters. The zero-order valence-corrected chi connectivity index (χ0v) is 11.5. The van der Waals surface area contributed by atoms with Crippen molar-refractivity contribution in [3.63, 3.8) is 0 Å². The maximum Gasteiger partial charge on any atom is 0.0435 e. The predicted molar refractivity (Wildman–Crippen MR) is 83.9 cm³/mol. The molecule has 0 aromatic heterocycles. The van der Waals surface area contributed by atoms with Gasteiger partial charge in [0.05, 0.1) is 0 Å². The average molecular weight is 256 g/mol. The SMILES string of the molecule is CC1(c2ccccc2)c2ccccc2-c2ccccc21. The van der Waals surface area contributed by atoms with Gasteiger partial charge >= 0.3 is 0 Å². The first kappa shape index (κ1) is 11.5. The summed E-state index contributed by atoms with van der Waals surface area (Å²) in [6.45, 7) is 2.34. The Hall–Kier alpha value is -2.34. The van der Waals surface area contributed by atoms with E-state index in [0.29, 0.717) is 0 Å². The lowest BCUT2D eigenvalue weighted by Crippen LogP contribution is -2.22. The second kappa shape index (κ2) is 4.08. The molecule has 96 valence electrons. The van der Waals surface area contributed by atoms with Crippen LogP contribution in [0, 0.1) is 0 Å².